The van der Waals surface area contributed by atoms with Crippen molar-refractivity contribution in [2.24, 2.45) is 5.73 Å². The standard InChI is InChI=1S/C33H65N2O7P/c1-3-5-7-9-11-13-14-15-16-17-18-20-22-24-30(36)28-33(38)35-31(29-42-43(39,40)41-27-26-34)32(37)25-23-21-19-12-10-8-6-4-2/h13-14,23,25,30-32,36-37H,3-12,15-22,24,26-29,34H2,1-2H3,(H,35,38)(H,39,40)/b14-13-,25-23+. The lowest BCUT2D eigenvalue weighted by Gasteiger charge is -2.24. The predicted molar refractivity (Wildman–Crippen MR) is 177 cm³/mol. The van der Waals surface area contributed by atoms with Crippen LogP contribution in [0.5, 0.6) is 0 Å². The Kier molecular flexibility index (Phi) is 28.9. The molecular formula is C33H65N2O7P. The largest absolute Gasteiger partial charge is 0.472 e. The van der Waals surface area contributed by atoms with Gasteiger partial charge in [-0.05, 0) is 44.9 Å². The van der Waals surface area contributed by atoms with Gasteiger partial charge in [0.1, 0.15) is 0 Å². The van der Waals surface area contributed by atoms with Crippen LogP contribution in [-0.4, -0.2) is 59.0 Å². The van der Waals surface area contributed by atoms with E-state index in [0.717, 1.165) is 51.4 Å². The average molecular weight is 633 g/mol. The first-order chi connectivity index (χ1) is 20.8. The minimum Gasteiger partial charge on any atom is -0.393 e. The van der Waals surface area contributed by atoms with Crippen LogP contribution in [0, 0.1) is 0 Å². The topological polar surface area (TPSA) is 151 Å². The second-order valence-electron chi connectivity index (χ2n) is 11.6. The SMILES string of the molecule is CCCCCC/C=C\CCCCCCCC(O)CC(=O)NC(COP(=O)(O)OCCN)C(O)/C=C/CCCCCCCC. The molecule has 0 saturated heterocycles. The lowest BCUT2D eigenvalue weighted by atomic mass is 10.0. The van der Waals surface area contributed by atoms with Crippen LogP contribution < -0.4 is 11.1 Å². The third-order valence-corrected chi connectivity index (χ3v) is 8.31. The van der Waals surface area contributed by atoms with Crippen molar-refractivity contribution in [1.29, 1.82) is 0 Å². The summed E-state index contributed by atoms with van der Waals surface area (Å²) in [4.78, 5) is 22.5. The van der Waals surface area contributed by atoms with E-state index in [-0.39, 0.29) is 19.6 Å². The van der Waals surface area contributed by atoms with Crippen molar-refractivity contribution in [3.8, 4) is 0 Å². The summed E-state index contributed by atoms with van der Waals surface area (Å²) in [6.07, 6.45) is 27.0. The van der Waals surface area contributed by atoms with E-state index in [9.17, 15) is 24.5 Å². The molecule has 43 heavy (non-hydrogen) atoms. The van der Waals surface area contributed by atoms with E-state index in [2.05, 4.69) is 31.3 Å². The molecule has 0 aromatic carbocycles. The average Bonchev–Trinajstić information content (AvgIpc) is 2.97. The highest BCUT2D eigenvalue weighted by molar-refractivity contribution is 7.47. The van der Waals surface area contributed by atoms with Gasteiger partial charge >= 0.3 is 7.82 Å². The Hall–Kier alpha value is -1.06. The van der Waals surface area contributed by atoms with E-state index in [1.807, 2.05) is 6.08 Å². The van der Waals surface area contributed by atoms with Gasteiger partial charge in [0.05, 0.1) is 37.9 Å². The quantitative estimate of drug-likeness (QED) is 0.0305. The summed E-state index contributed by atoms with van der Waals surface area (Å²) < 4.78 is 21.8. The van der Waals surface area contributed by atoms with Crippen LogP contribution in [0.3, 0.4) is 0 Å². The van der Waals surface area contributed by atoms with Crippen molar-refractivity contribution < 1.29 is 33.5 Å². The number of phosphoric acid groups is 1. The van der Waals surface area contributed by atoms with Crippen molar-refractivity contribution in [3.63, 3.8) is 0 Å². The van der Waals surface area contributed by atoms with Gasteiger partial charge in [-0.3, -0.25) is 13.8 Å². The minimum absolute atomic E-state index is 0.0480. The molecule has 4 unspecified atom stereocenters. The molecular weight excluding hydrogens is 567 g/mol. The molecule has 0 bridgehead atoms. The van der Waals surface area contributed by atoms with Crippen molar-refractivity contribution in [2.45, 2.75) is 161 Å². The van der Waals surface area contributed by atoms with Crippen LogP contribution in [0.15, 0.2) is 24.3 Å². The normalized spacial score (nSPS) is 15.6. The van der Waals surface area contributed by atoms with Gasteiger partial charge in [0.2, 0.25) is 5.91 Å². The van der Waals surface area contributed by atoms with Gasteiger partial charge in [-0.1, -0.05) is 115 Å². The number of phosphoric ester groups is 1. The van der Waals surface area contributed by atoms with Crippen molar-refractivity contribution >= 4 is 13.7 Å². The Labute approximate surface area is 262 Å². The molecule has 4 atom stereocenters. The summed E-state index contributed by atoms with van der Waals surface area (Å²) in [6, 6.07) is -0.979. The smallest absolute Gasteiger partial charge is 0.393 e. The lowest BCUT2D eigenvalue weighted by Crippen LogP contribution is -2.46. The number of rotatable bonds is 31. The highest BCUT2D eigenvalue weighted by Gasteiger charge is 2.27. The first-order valence-electron chi connectivity index (χ1n) is 17.0. The van der Waals surface area contributed by atoms with E-state index in [1.165, 1.54) is 64.2 Å². The van der Waals surface area contributed by atoms with Crippen LogP contribution in [0.1, 0.15) is 142 Å². The van der Waals surface area contributed by atoms with Gasteiger partial charge in [0, 0.05) is 6.54 Å². The number of allylic oxidation sites excluding steroid dienone is 3. The number of nitrogens with one attached hydrogen (secondary N) is 1. The molecule has 0 saturated carbocycles. The molecule has 0 radical (unpaired) electrons. The number of hydrogen-bond acceptors (Lipinski definition) is 7. The van der Waals surface area contributed by atoms with Crippen molar-refractivity contribution in [2.75, 3.05) is 19.8 Å². The number of aliphatic hydroxyl groups is 2. The van der Waals surface area contributed by atoms with Gasteiger partial charge in [0.15, 0.2) is 0 Å². The highest BCUT2D eigenvalue weighted by atomic mass is 31.2. The maximum absolute atomic E-state index is 12.7. The first kappa shape index (κ1) is 41.9. The molecule has 0 spiro atoms. The van der Waals surface area contributed by atoms with E-state index < -0.39 is 38.6 Å². The molecule has 0 rings (SSSR count). The summed E-state index contributed by atoms with van der Waals surface area (Å²) >= 11 is 0. The van der Waals surface area contributed by atoms with Crippen LogP contribution >= 0.6 is 7.82 Å². The first-order valence-corrected chi connectivity index (χ1v) is 18.5. The Bertz CT molecular complexity index is 751. The summed E-state index contributed by atoms with van der Waals surface area (Å²) in [5.74, 6) is -0.457. The van der Waals surface area contributed by atoms with Crippen LogP contribution in [0.2, 0.25) is 0 Å². The molecule has 0 aromatic heterocycles. The molecule has 0 heterocycles. The molecule has 0 aliphatic carbocycles. The number of amides is 1. The second kappa shape index (κ2) is 29.6. The third kappa shape index (κ3) is 28.2. The third-order valence-electron chi connectivity index (χ3n) is 7.33. The number of hydrogen-bond donors (Lipinski definition) is 5. The number of unbranched alkanes of at least 4 members (excludes halogenated alkanes) is 15. The van der Waals surface area contributed by atoms with Crippen molar-refractivity contribution in [3.05, 3.63) is 24.3 Å². The van der Waals surface area contributed by atoms with E-state index in [1.54, 1.807) is 6.08 Å². The molecule has 6 N–H and O–H groups in total. The number of aliphatic hydroxyl groups excluding tert-OH is 2. The molecule has 0 aromatic rings. The Morgan fingerprint density at radius 3 is 1.88 bits per heavy atom. The predicted octanol–water partition coefficient (Wildman–Crippen LogP) is 7.24. The summed E-state index contributed by atoms with van der Waals surface area (Å²) in [5.41, 5.74) is 5.32. The van der Waals surface area contributed by atoms with Crippen LogP contribution in [0.25, 0.3) is 0 Å². The molecule has 254 valence electrons. The molecule has 10 heteroatoms. The number of carbonyl (C=O) groups excluding carboxylic acids is 1. The zero-order valence-corrected chi connectivity index (χ0v) is 28.2. The molecule has 1 amide bonds. The number of carbonyl (C=O) groups is 1. The lowest BCUT2D eigenvalue weighted by molar-refractivity contribution is -0.124. The molecule has 0 aliphatic rings. The van der Waals surface area contributed by atoms with Gasteiger partial charge < -0.3 is 26.2 Å². The summed E-state index contributed by atoms with van der Waals surface area (Å²) in [7, 11) is -4.38. The fraction of sp³-hybridized carbons (Fsp3) is 0.848. The van der Waals surface area contributed by atoms with Crippen molar-refractivity contribution in [1.82, 2.24) is 5.32 Å². The van der Waals surface area contributed by atoms with Gasteiger partial charge in [0.25, 0.3) is 0 Å². The zero-order valence-electron chi connectivity index (χ0n) is 27.3. The Morgan fingerprint density at radius 2 is 1.30 bits per heavy atom. The summed E-state index contributed by atoms with van der Waals surface area (Å²) in [5, 5.41) is 23.7. The maximum Gasteiger partial charge on any atom is 0.472 e. The fourth-order valence-electron chi connectivity index (χ4n) is 4.70. The molecule has 9 nitrogen and oxygen atoms in total. The van der Waals surface area contributed by atoms with Gasteiger partial charge in [-0.15, -0.1) is 0 Å². The summed E-state index contributed by atoms with van der Waals surface area (Å²) in [6.45, 7) is 3.87. The zero-order chi connectivity index (χ0) is 32.0. The van der Waals surface area contributed by atoms with Gasteiger partial charge in [-0.2, -0.15) is 0 Å². The minimum atomic E-state index is -4.38. The van der Waals surface area contributed by atoms with E-state index >= 15 is 0 Å². The molecule has 0 aliphatic heterocycles. The maximum atomic E-state index is 12.7. The molecule has 0 fully saturated rings. The second-order valence-corrected chi connectivity index (χ2v) is 13.0. The van der Waals surface area contributed by atoms with Gasteiger partial charge in [-0.25, -0.2) is 4.57 Å². The van der Waals surface area contributed by atoms with E-state index in [0.29, 0.717) is 6.42 Å². The Balaban J connectivity index is 4.46. The van der Waals surface area contributed by atoms with E-state index in [4.69, 9.17) is 14.8 Å². The number of nitrogens with two attached hydrogens (primary N) is 1. The fourth-order valence-corrected chi connectivity index (χ4v) is 5.46. The monoisotopic (exact) mass is 632 g/mol. The highest BCUT2D eigenvalue weighted by Crippen LogP contribution is 2.43. The van der Waals surface area contributed by atoms with Crippen LogP contribution in [0.4, 0.5) is 0 Å². The Morgan fingerprint density at radius 1 is 0.791 bits per heavy atom. The van der Waals surface area contributed by atoms with Crippen LogP contribution in [-0.2, 0) is 18.4 Å².